The smallest absolute Gasteiger partial charge is 0.329 e. The summed E-state index contributed by atoms with van der Waals surface area (Å²) in [5.41, 5.74) is -0.645. The number of amides is 2. The maximum Gasteiger partial charge on any atom is 0.329 e. The van der Waals surface area contributed by atoms with Crippen LogP contribution in [0.4, 0.5) is 4.79 Å². The first-order chi connectivity index (χ1) is 9.84. The molecular formula is C14H16Cl2N2O3. The molecule has 3 N–H and O–H groups in total. The summed E-state index contributed by atoms with van der Waals surface area (Å²) in [5, 5.41) is 15.3. The van der Waals surface area contributed by atoms with Crippen LogP contribution in [0.2, 0.25) is 10.0 Å². The number of rotatable bonds is 5. The molecule has 0 spiro atoms. The minimum Gasteiger partial charge on any atom is -0.480 e. The van der Waals surface area contributed by atoms with E-state index >= 15 is 0 Å². The Hall–Kier alpha value is -1.46. The average Bonchev–Trinajstić information content (AvgIpc) is 3.22. The highest BCUT2D eigenvalue weighted by Crippen LogP contribution is 2.39. The number of benzene rings is 1. The molecule has 2 amide bonds. The lowest BCUT2D eigenvalue weighted by Crippen LogP contribution is -2.56. The molecule has 1 aliphatic rings. The van der Waals surface area contributed by atoms with Gasteiger partial charge in [-0.15, -0.1) is 0 Å². The first-order valence-corrected chi connectivity index (χ1v) is 7.32. The van der Waals surface area contributed by atoms with E-state index in [1.807, 2.05) is 0 Å². The van der Waals surface area contributed by atoms with Crippen LogP contribution in [0, 0.1) is 5.92 Å². The molecule has 1 aromatic rings. The van der Waals surface area contributed by atoms with Crippen molar-refractivity contribution in [3.8, 4) is 0 Å². The number of nitrogens with one attached hydrogen (secondary N) is 2. The van der Waals surface area contributed by atoms with Gasteiger partial charge in [0.15, 0.2) is 0 Å². The Morgan fingerprint density at radius 3 is 2.38 bits per heavy atom. The lowest BCUT2D eigenvalue weighted by molar-refractivity contribution is -0.144. The van der Waals surface area contributed by atoms with Crippen LogP contribution in [0.1, 0.15) is 25.3 Å². The highest BCUT2D eigenvalue weighted by atomic mass is 35.5. The number of carbonyl (C=O) groups excluding carboxylic acids is 1. The van der Waals surface area contributed by atoms with Crippen LogP contribution in [-0.4, -0.2) is 22.6 Å². The standard InChI is InChI=1S/C14H16Cl2N2O3/c1-14(12(19)20,8-5-6-8)18-13(21)17-7-9-10(15)3-2-4-11(9)16/h2-4,8H,5-7H2,1H3,(H,19,20)(H2,17,18,21). The zero-order valence-corrected chi connectivity index (χ0v) is 13.0. The number of carboxylic acids is 1. The first kappa shape index (κ1) is 15.9. The molecule has 1 aliphatic carbocycles. The van der Waals surface area contributed by atoms with Crippen molar-refractivity contribution in [1.29, 1.82) is 0 Å². The van der Waals surface area contributed by atoms with Crippen LogP contribution in [-0.2, 0) is 11.3 Å². The number of carbonyl (C=O) groups is 2. The molecule has 1 atom stereocenters. The van der Waals surface area contributed by atoms with E-state index in [4.69, 9.17) is 23.2 Å². The Bertz CT molecular complexity index is 555. The van der Waals surface area contributed by atoms with E-state index in [2.05, 4.69) is 10.6 Å². The summed E-state index contributed by atoms with van der Waals surface area (Å²) in [6.07, 6.45) is 1.61. The van der Waals surface area contributed by atoms with Crippen LogP contribution in [0.15, 0.2) is 18.2 Å². The molecule has 5 nitrogen and oxygen atoms in total. The third-order valence-electron chi connectivity index (χ3n) is 3.70. The van der Waals surface area contributed by atoms with Crippen molar-refractivity contribution in [3.63, 3.8) is 0 Å². The summed E-state index contributed by atoms with van der Waals surface area (Å²) >= 11 is 12.0. The van der Waals surface area contributed by atoms with E-state index in [0.717, 1.165) is 12.8 Å². The predicted octanol–water partition coefficient (Wildman–Crippen LogP) is 3.05. The lowest BCUT2D eigenvalue weighted by Gasteiger charge is -2.26. The molecule has 114 valence electrons. The maximum atomic E-state index is 11.9. The second-order valence-electron chi connectivity index (χ2n) is 5.29. The van der Waals surface area contributed by atoms with Gasteiger partial charge in [-0.1, -0.05) is 29.3 Å². The van der Waals surface area contributed by atoms with E-state index < -0.39 is 17.5 Å². The van der Waals surface area contributed by atoms with Gasteiger partial charge in [0.25, 0.3) is 0 Å². The molecule has 7 heteroatoms. The van der Waals surface area contributed by atoms with Crippen LogP contribution in [0.5, 0.6) is 0 Å². The van der Waals surface area contributed by atoms with Crippen molar-refractivity contribution >= 4 is 35.2 Å². The van der Waals surface area contributed by atoms with Gasteiger partial charge >= 0.3 is 12.0 Å². The minimum absolute atomic E-state index is 0.0235. The zero-order chi connectivity index (χ0) is 15.6. The fourth-order valence-electron chi connectivity index (χ4n) is 2.14. The molecule has 1 unspecified atom stereocenters. The first-order valence-electron chi connectivity index (χ1n) is 6.57. The third-order valence-corrected chi connectivity index (χ3v) is 4.41. The molecule has 1 aromatic carbocycles. The number of halogens is 2. The van der Waals surface area contributed by atoms with Crippen LogP contribution in [0.25, 0.3) is 0 Å². The van der Waals surface area contributed by atoms with Gasteiger partial charge in [0.1, 0.15) is 5.54 Å². The molecule has 1 saturated carbocycles. The van der Waals surface area contributed by atoms with Crippen LogP contribution < -0.4 is 10.6 Å². The summed E-state index contributed by atoms with van der Waals surface area (Å²) in [6, 6.07) is 4.51. The van der Waals surface area contributed by atoms with Crippen molar-refractivity contribution in [2.75, 3.05) is 0 Å². The fraction of sp³-hybridized carbons (Fsp3) is 0.429. The molecule has 0 aliphatic heterocycles. The van der Waals surface area contributed by atoms with Crippen molar-refractivity contribution < 1.29 is 14.7 Å². The summed E-state index contributed by atoms with van der Waals surface area (Å²) in [4.78, 5) is 23.3. The van der Waals surface area contributed by atoms with Gasteiger partial charge in [-0.05, 0) is 37.8 Å². The van der Waals surface area contributed by atoms with Crippen molar-refractivity contribution in [1.82, 2.24) is 10.6 Å². The monoisotopic (exact) mass is 330 g/mol. The summed E-state index contributed by atoms with van der Waals surface area (Å²) < 4.78 is 0. The molecule has 0 radical (unpaired) electrons. The topological polar surface area (TPSA) is 78.4 Å². The molecular weight excluding hydrogens is 315 g/mol. The zero-order valence-electron chi connectivity index (χ0n) is 11.5. The summed E-state index contributed by atoms with van der Waals surface area (Å²) in [5.74, 6) is -1.06. The molecule has 2 rings (SSSR count). The second-order valence-corrected chi connectivity index (χ2v) is 6.10. The van der Waals surface area contributed by atoms with Gasteiger partial charge in [0.2, 0.25) is 0 Å². The van der Waals surface area contributed by atoms with Gasteiger partial charge in [0.05, 0.1) is 0 Å². The molecule has 0 bridgehead atoms. The average molecular weight is 331 g/mol. The normalized spacial score (nSPS) is 16.9. The van der Waals surface area contributed by atoms with E-state index in [9.17, 15) is 14.7 Å². The van der Waals surface area contributed by atoms with Gasteiger partial charge in [0, 0.05) is 22.2 Å². The number of hydrogen-bond acceptors (Lipinski definition) is 2. The molecule has 21 heavy (non-hydrogen) atoms. The Labute approximate surface area is 132 Å². The summed E-state index contributed by atoms with van der Waals surface area (Å²) in [6.45, 7) is 1.65. The largest absolute Gasteiger partial charge is 0.480 e. The van der Waals surface area contributed by atoms with Gasteiger partial charge in [-0.3, -0.25) is 0 Å². The number of carboxylic acid groups (broad SMARTS) is 1. The molecule has 1 fully saturated rings. The highest BCUT2D eigenvalue weighted by molar-refractivity contribution is 6.36. The molecule has 0 heterocycles. The van der Waals surface area contributed by atoms with Gasteiger partial charge < -0.3 is 15.7 Å². The molecule has 0 aromatic heterocycles. The summed E-state index contributed by atoms with van der Waals surface area (Å²) in [7, 11) is 0. The van der Waals surface area contributed by atoms with Gasteiger partial charge in [-0.2, -0.15) is 0 Å². The quantitative estimate of drug-likeness (QED) is 0.776. The Morgan fingerprint density at radius 2 is 1.90 bits per heavy atom. The van der Waals surface area contributed by atoms with E-state index in [0.29, 0.717) is 15.6 Å². The fourth-order valence-corrected chi connectivity index (χ4v) is 2.67. The Kier molecular flexibility index (Phi) is 4.64. The van der Waals surface area contributed by atoms with E-state index in [1.165, 1.54) is 6.92 Å². The highest BCUT2D eigenvalue weighted by Gasteiger charge is 2.48. The Morgan fingerprint density at radius 1 is 1.33 bits per heavy atom. The maximum absolute atomic E-state index is 11.9. The van der Waals surface area contributed by atoms with Crippen molar-refractivity contribution in [3.05, 3.63) is 33.8 Å². The van der Waals surface area contributed by atoms with E-state index in [1.54, 1.807) is 18.2 Å². The van der Waals surface area contributed by atoms with Crippen LogP contribution in [0.3, 0.4) is 0 Å². The third kappa shape index (κ3) is 3.60. The van der Waals surface area contributed by atoms with Crippen LogP contribution >= 0.6 is 23.2 Å². The minimum atomic E-state index is -1.24. The number of aliphatic carboxylic acids is 1. The Balaban J connectivity index is 1.97. The van der Waals surface area contributed by atoms with E-state index in [-0.39, 0.29) is 12.5 Å². The predicted molar refractivity (Wildman–Crippen MR) is 80.6 cm³/mol. The second kappa shape index (κ2) is 6.12. The van der Waals surface area contributed by atoms with Crippen molar-refractivity contribution in [2.45, 2.75) is 31.8 Å². The number of hydrogen-bond donors (Lipinski definition) is 3. The SMILES string of the molecule is CC(NC(=O)NCc1c(Cl)cccc1Cl)(C(=O)O)C1CC1. The lowest BCUT2D eigenvalue weighted by atomic mass is 9.96. The van der Waals surface area contributed by atoms with Gasteiger partial charge in [-0.25, -0.2) is 9.59 Å². The molecule has 0 saturated heterocycles. The van der Waals surface area contributed by atoms with Crippen molar-refractivity contribution in [2.24, 2.45) is 5.92 Å². The number of urea groups is 1.